The number of hydrogen-bond acceptors (Lipinski definition) is 6. The van der Waals surface area contributed by atoms with Gasteiger partial charge in [-0.2, -0.15) is 0 Å². The number of nitrogens with one attached hydrogen (secondary N) is 5. The average Bonchev–Trinajstić information content (AvgIpc) is 3.83. The first-order valence-corrected chi connectivity index (χ1v) is 17.2. The SMILES string of the molecule is CCCn1c(C(=O)NCCN)cc2cc(NC(=O)c3ccc4[nH]c(C(=O)Nc5ccc6c(c5)cc(C(=O)NCCN)n6CCC)cc4c3)ccc21. The first-order chi connectivity index (χ1) is 24.7. The molecule has 6 aromatic rings. The molecule has 51 heavy (non-hydrogen) atoms. The van der Waals surface area contributed by atoms with E-state index in [1.807, 2.05) is 57.7 Å². The molecule has 3 aromatic heterocycles. The Bertz CT molecular complexity index is 2140. The van der Waals surface area contributed by atoms with Crippen molar-refractivity contribution < 1.29 is 19.2 Å². The summed E-state index contributed by atoms with van der Waals surface area (Å²) in [5.74, 6) is -1.03. The molecule has 0 fully saturated rings. The second-order valence-electron chi connectivity index (χ2n) is 12.4. The number of carbonyl (C=O) groups excluding carboxylic acids is 4. The zero-order chi connectivity index (χ0) is 36.1. The number of amides is 4. The zero-order valence-electron chi connectivity index (χ0n) is 28.8. The molecule has 6 rings (SSSR count). The highest BCUT2D eigenvalue weighted by atomic mass is 16.2. The number of hydrogen-bond donors (Lipinski definition) is 7. The van der Waals surface area contributed by atoms with Crippen molar-refractivity contribution in [1.82, 2.24) is 24.8 Å². The first kappa shape index (κ1) is 34.9. The van der Waals surface area contributed by atoms with Gasteiger partial charge in [0.15, 0.2) is 0 Å². The fourth-order valence-corrected chi connectivity index (χ4v) is 6.35. The molecule has 0 atom stereocenters. The van der Waals surface area contributed by atoms with Gasteiger partial charge in [-0.3, -0.25) is 19.2 Å². The maximum atomic E-state index is 13.3. The summed E-state index contributed by atoms with van der Waals surface area (Å²) in [4.78, 5) is 55.4. The van der Waals surface area contributed by atoms with E-state index >= 15 is 0 Å². The van der Waals surface area contributed by atoms with E-state index in [1.165, 1.54) is 0 Å². The number of nitrogens with zero attached hydrogens (tertiary/aromatic N) is 2. The van der Waals surface area contributed by atoms with Crippen LogP contribution in [0.1, 0.15) is 68.5 Å². The molecule has 0 aliphatic heterocycles. The Morgan fingerprint density at radius 2 is 1.14 bits per heavy atom. The minimum Gasteiger partial charge on any atom is -0.351 e. The molecule has 0 aliphatic rings. The predicted octanol–water partition coefficient (Wildman–Crippen LogP) is 4.78. The Balaban J connectivity index is 1.17. The van der Waals surface area contributed by atoms with Crippen LogP contribution in [0.5, 0.6) is 0 Å². The number of carbonyl (C=O) groups is 4. The highest BCUT2D eigenvalue weighted by molar-refractivity contribution is 6.10. The molecule has 0 spiro atoms. The van der Waals surface area contributed by atoms with Crippen LogP contribution in [0.15, 0.2) is 72.8 Å². The van der Waals surface area contributed by atoms with Gasteiger partial charge in [-0.1, -0.05) is 13.8 Å². The third-order valence-electron chi connectivity index (χ3n) is 8.67. The van der Waals surface area contributed by atoms with Crippen LogP contribution in [0.2, 0.25) is 0 Å². The lowest BCUT2D eigenvalue weighted by atomic mass is 10.1. The largest absolute Gasteiger partial charge is 0.351 e. The number of fused-ring (bicyclic) bond motifs is 3. The lowest BCUT2D eigenvalue weighted by molar-refractivity contribution is 0.0937. The topological polar surface area (TPSA) is 194 Å². The minimum atomic E-state index is -0.343. The van der Waals surface area contributed by atoms with E-state index in [4.69, 9.17) is 11.5 Å². The van der Waals surface area contributed by atoms with Gasteiger partial charge in [-0.25, -0.2) is 0 Å². The van der Waals surface area contributed by atoms with E-state index in [2.05, 4.69) is 40.1 Å². The molecule has 4 amide bonds. The summed E-state index contributed by atoms with van der Waals surface area (Å²) in [6.45, 7) is 6.93. The number of H-pyrrole nitrogens is 1. The zero-order valence-corrected chi connectivity index (χ0v) is 28.8. The molecule has 0 saturated carbocycles. The van der Waals surface area contributed by atoms with E-state index in [1.54, 1.807) is 24.3 Å². The van der Waals surface area contributed by atoms with Crippen molar-refractivity contribution in [3.8, 4) is 0 Å². The quantitative estimate of drug-likeness (QED) is 0.0860. The van der Waals surface area contributed by atoms with Gasteiger partial charge in [0.1, 0.15) is 17.1 Å². The van der Waals surface area contributed by atoms with E-state index in [0.717, 1.165) is 34.6 Å². The molecule has 0 saturated heterocycles. The number of benzene rings is 3. The molecule has 13 nitrogen and oxygen atoms in total. The number of nitrogens with two attached hydrogens (primary N) is 2. The smallest absolute Gasteiger partial charge is 0.272 e. The Kier molecular flexibility index (Phi) is 10.5. The Morgan fingerprint density at radius 1 is 0.608 bits per heavy atom. The molecule has 9 N–H and O–H groups in total. The van der Waals surface area contributed by atoms with Crippen LogP contribution < -0.4 is 32.7 Å². The average molecular weight is 690 g/mol. The molecule has 264 valence electrons. The van der Waals surface area contributed by atoms with Crippen LogP contribution in [0.3, 0.4) is 0 Å². The Hall–Kier alpha value is -5.92. The fraction of sp³-hybridized carbons (Fsp3) is 0.263. The Labute approximate surface area is 294 Å². The third kappa shape index (κ3) is 7.35. The maximum absolute atomic E-state index is 13.3. The van der Waals surface area contributed by atoms with Crippen molar-refractivity contribution in [3.05, 3.63) is 95.4 Å². The van der Waals surface area contributed by atoms with Crippen molar-refractivity contribution in [2.75, 3.05) is 36.8 Å². The lowest BCUT2D eigenvalue weighted by Gasteiger charge is -2.10. The van der Waals surface area contributed by atoms with Crippen LogP contribution >= 0.6 is 0 Å². The summed E-state index contributed by atoms with van der Waals surface area (Å²) < 4.78 is 3.95. The minimum absolute atomic E-state index is 0.189. The molecule has 0 bridgehead atoms. The van der Waals surface area contributed by atoms with Crippen LogP contribution in [0.25, 0.3) is 32.7 Å². The van der Waals surface area contributed by atoms with E-state index in [0.29, 0.717) is 84.2 Å². The van der Waals surface area contributed by atoms with E-state index < -0.39 is 0 Å². The summed E-state index contributed by atoms with van der Waals surface area (Å²) in [5, 5.41) is 13.9. The Morgan fingerprint density at radius 3 is 1.65 bits per heavy atom. The lowest BCUT2D eigenvalue weighted by Crippen LogP contribution is -2.30. The number of aromatic nitrogens is 3. The molecule has 0 aliphatic carbocycles. The summed E-state index contributed by atoms with van der Waals surface area (Å²) >= 11 is 0. The van der Waals surface area contributed by atoms with Crippen molar-refractivity contribution in [2.45, 2.75) is 39.8 Å². The normalized spacial score (nSPS) is 11.3. The standard InChI is InChI=1S/C38H43N9O4/c1-3-15-46-31-9-6-27(18-25(31)21-33(46)37(50)41-13-11-39)43-35(48)23-5-8-29-24(17-23)20-30(45-29)36(49)44-28-7-10-32-26(19-28)22-34(47(32)16-4-2)38(51)42-14-12-40/h5-10,17-22,45H,3-4,11-16,39-40H2,1-2H3,(H,41,50)(H,42,51)(H,43,48)(H,44,49). The second-order valence-corrected chi connectivity index (χ2v) is 12.4. The second kappa shape index (κ2) is 15.3. The van der Waals surface area contributed by atoms with Gasteiger partial charge in [0.2, 0.25) is 0 Å². The van der Waals surface area contributed by atoms with Gasteiger partial charge in [0, 0.05) is 88.9 Å². The van der Waals surface area contributed by atoms with Crippen molar-refractivity contribution in [3.63, 3.8) is 0 Å². The summed E-state index contributed by atoms with van der Waals surface area (Å²) in [6, 6.07) is 21.7. The maximum Gasteiger partial charge on any atom is 0.272 e. The van der Waals surface area contributed by atoms with Gasteiger partial charge in [0.05, 0.1) is 0 Å². The van der Waals surface area contributed by atoms with Gasteiger partial charge >= 0.3 is 0 Å². The van der Waals surface area contributed by atoms with E-state index in [9.17, 15) is 19.2 Å². The summed E-state index contributed by atoms with van der Waals surface area (Å²) in [5.41, 5.74) is 16.7. The van der Waals surface area contributed by atoms with Crippen molar-refractivity contribution in [2.24, 2.45) is 11.5 Å². The van der Waals surface area contributed by atoms with Gasteiger partial charge < -0.3 is 46.9 Å². The monoisotopic (exact) mass is 689 g/mol. The predicted molar refractivity (Wildman–Crippen MR) is 201 cm³/mol. The third-order valence-corrected chi connectivity index (χ3v) is 8.67. The number of rotatable bonds is 14. The molecule has 3 aromatic carbocycles. The van der Waals surface area contributed by atoms with Gasteiger partial charge in [0.25, 0.3) is 23.6 Å². The highest BCUT2D eigenvalue weighted by Gasteiger charge is 2.18. The summed E-state index contributed by atoms with van der Waals surface area (Å²) in [7, 11) is 0. The van der Waals surface area contributed by atoms with Crippen LogP contribution in [-0.4, -0.2) is 63.9 Å². The molecule has 0 unspecified atom stereocenters. The van der Waals surface area contributed by atoms with Gasteiger partial charge in [-0.05, 0) is 85.6 Å². The molecular weight excluding hydrogens is 646 g/mol. The number of aromatic amines is 1. The van der Waals surface area contributed by atoms with Crippen LogP contribution in [-0.2, 0) is 13.1 Å². The van der Waals surface area contributed by atoms with Crippen LogP contribution in [0.4, 0.5) is 11.4 Å². The summed E-state index contributed by atoms with van der Waals surface area (Å²) in [6.07, 6.45) is 1.71. The molecular formula is C38H43N9O4. The number of anilines is 2. The highest BCUT2D eigenvalue weighted by Crippen LogP contribution is 2.27. The fourth-order valence-electron chi connectivity index (χ4n) is 6.35. The molecule has 13 heteroatoms. The van der Waals surface area contributed by atoms with Gasteiger partial charge in [-0.15, -0.1) is 0 Å². The molecule has 3 heterocycles. The van der Waals surface area contributed by atoms with E-state index in [-0.39, 0.29) is 23.6 Å². The molecule has 0 radical (unpaired) electrons. The first-order valence-electron chi connectivity index (χ1n) is 17.2. The number of aryl methyl sites for hydroxylation is 2. The van der Waals surface area contributed by atoms with Crippen molar-refractivity contribution in [1.29, 1.82) is 0 Å². The van der Waals surface area contributed by atoms with Crippen molar-refractivity contribution >= 4 is 67.7 Å². The van der Waals surface area contributed by atoms with Crippen LogP contribution in [0, 0.1) is 0 Å².